The highest BCUT2D eigenvalue weighted by Gasteiger charge is 2.31. The topological polar surface area (TPSA) is 32.8 Å². The van der Waals surface area contributed by atoms with E-state index >= 15 is 0 Å². The molecule has 1 fully saturated rings. The first kappa shape index (κ1) is 19.3. The van der Waals surface area contributed by atoms with Crippen LogP contribution in [0.1, 0.15) is 59.8 Å². The van der Waals surface area contributed by atoms with Crippen LogP contribution in [-0.4, -0.2) is 55.2 Å². The van der Waals surface area contributed by atoms with E-state index in [0.717, 1.165) is 38.5 Å². The molecule has 0 radical (unpaired) electrons. The largest absolute Gasteiger partial charge is 0.443 e. The van der Waals surface area contributed by atoms with Gasteiger partial charge >= 0.3 is 6.09 Å². The van der Waals surface area contributed by atoms with Crippen molar-refractivity contribution in [3.63, 3.8) is 0 Å². The Bertz CT molecular complexity index is 320. The highest BCUT2D eigenvalue weighted by molar-refractivity contribution is 5.69. The Balaban J connectivity index is 2.22. The lowest BCUT2D eigenvalue weighted by Crippen LogP contribution is -2.34. The van der Waals surface area contributed by atoms with E-state index < -0.39 is 0 Å². The molecule has 1 aliphatic heterocycles. The van der Waals surface area contributed by atoms with Crippen LogP contribution in [0.25, 0.3) is 0 Å². The summed E-state index contributed by atoms with van der Waals surface area (Å²) in [5.41, 5.74) is 0. The molecule has 130 valence electrons. The number of unbranched alkanes of at least 4 members (excludes halogenated alkanes) is 1. The fourth-order valence-corrected chi connectivity index (χ4v) is 3.23. The number of rotatable bonds is 11. The van der Waals surface area contributed by atoms with E-state index in [1.54, 1.807) is 0 Å². The molecule has 1 unspecified atom stereocenters. The molecule has 0 bridgehead atoms. The molecule has 0 aromatic rings. The summed E-state index contributed by atoms with van der Waals surface area (Å²) in [5.74, 6) is 1.41. The first-order valence-electron chi connectivity index (χ1n) is 9.06. The second-order valence-corrected chi connectivity index (χ2v) is 7.46. The van der Waals surface area contributed by atoms with Crippen LogP contribution < -0.4 is 0 Å². The monoisotopic (exact) mass is 312 g/mol. The van der Waals surface area contributed by atoms with Crippen molar-refractivity contribution in [3.05, 3.63) is 0 Å². The van der Waals surface area contributed by atoms with Gasteiger partial charge in [0.2, 0.25) is 0 Å². The molecular weight excluding hydrogens is 276 g/mol. The van der Waals surface area contributed by atoms with Crippen LogP contribution >= 0.6 is 0 Å². The Labute approximate surface area is 137 Å². The summed E-state index contributed by atoms with van der Waals surface area (Å²) < 4.78 is 5.49. The molecule has 0 aliphatic carbocycles. The van der Waals surface area contributed by atoms with Gasteiger partial charge in [0.1, 0.15) is 6.10 Å². The van der Waals surface area contributed by atoms with Crippen LogP contribution in [0.2, 0.25) is 0 Å². The quantitative estimate of drug-likeness (QED) is 0.578. The number of carbonyl (C=O) groups excluding carboxylic acids is 1. The molecule has 0 N–H and O–H groups in total. The third kappa shape index (κ3) is 7.48. The molecule has 22 heavy (non-hydrogen) atoms. The Morgan fingerprint density at radius 2 is 1.95 bits per heavy atom. The van der Waals surface area contributed by atoms with E-state index in [-0.39, 0.29) is 12.2 Å². The van der Waals surface area contributed by atoms with Crippen LogP contribution in [0.3, 0.4) is 0 Å². The number of nitrogens with zero attached hydrogens (tertiary/aromatic N) is 2. The van der Waals surface area contributed by atoms with Crippen molar-refractivity contribution in [2.75, 3.05) is 33.2 Å². The first-order valence-corrected chi connectivity index (χ1v) is 9.06. The van der Waals surface area contributed by atoms with Crippen molar-refractivity contribution >= 4 is 6.09 Å². The van der Waals surface area contributed by atoms with Crippen molar-refractivity contribution in [3.8, 4) is 0 Å². The lowest BCUT2D eigenvalue weighted by Gasteiger charge is -2.21. The summed E-state index contributed by atoms with van der Waals surface area (Å²) in [5, 5.41) is 0. The maximum absolute atomic E-state index is 11.9. The molecule has 2 atom stereocenters. The van der Waals surface area contributed by atoms with E-state index in [4.69, 9.17) is 4.74 Å². The SMILES string of the molecule is CCCCC(C)CCCN1C[C@H](CN(C)CC(C)C)OC1=O. The maximum Gasteiger partial charge on any atom is 0.410 e. The molecule has 1 rings (SSSR count). The van der Waals surface area contributed by atoms with E-state index in [1.807, 2.05) is 4.90 Å². The zero-order valence-corrected chi connectivity index (χ0v) is 15.3. The van der Waals surface area contributed by atoms with Crippen LogP contribution in [0.4, 0.5) is 4.79 Å². The molecule has 0 aromatic carbocycles. The molecule has 1 amide bonds. The minimum atomic E-state index is -0.121. The van der Waals surface area contributed by atoms with E-state index in [0.29, 0.717) is 5.92 Å². The minimum Gasteiger partial charge on any atom is -0.443 e. The van der Waals surface area contributed by atoms with Crippen molar-refractivity contribution < 1.29 is 9.53 Å². The van der Waals surface area contributed by atoms with Gasteiger partial charge < -0.3 is 14.5 Å². The van der Waals surface area contributed by atoms with Crippen molar-refractivity contribution in [2.45, 2.75) is 65.9 Å². The third-order valence-corrected chi connectivity index (χ3v) is 4.32. The maximum atomic E-state index is 11.9. The van der Waals surface area contributed by atoms with Gasteiger partial charge in [-0.1, -0.05) is 47.0 Å². The van der Waals surface area contributed by atoms with Crippen LogP contribution in [-0.2, 0) is 4.74 Å². The first-order chi connectivity index (χ1) is 10.4. The molecular formula is C18H36N2O2. The highest BCUT2D eigenvalue weighted by atomic mass is 16.6. The van der Waals surface area contributed by atoms with Crippen LogP contribution in [0, 0.1) is 11.8 Å². The summed E-state index contributed by atoms with van der Waals surface area (Å²) in [6.07, 6.45) is 6.11. The second kappa shape index (κ2) is 10.1. The van der Waals surface area contributed by atoms with E-state index in [2.05, 4.69) is 39.6 Å². The zero-order valence-electron chi connectivity index (χ0n) is 15.3. The van der Waals surface area contributed by atoms with Gasteiger partial charge in [0.15, 0.2) is 0 Å². The molecule has 0 saturated carbocycles. The van der Waals surface area contributed by atoms with Gasteiger partial charge in [-0.15, -0.1) is 0 Å². The third-order valence-electron chi connectivity index (χ3n) is 4.32. The predicted molar refractivity (Wildman–Crippen MR) is 92.1 cm³/mol. The highest BCUT2D eigenvalue weighted by Crippen LogP contribution is 2.17. The predicted octanol–water partition coefficient (Wildman–Crippen LogP) is 4.00. The molecule has 4 nitrogen and oxygen atoms in total. The molecule has 4 heteroatoms. The molecule has 1 saturated heterocycles. The fourth-order valence-electron chi connectivity index (χ4n) is 3.23. The van der Waals surface area contributed by atoms with E-state index in [1.165, 1.54) is 25.7 Å². The average Bonchev–Trinajstić information content (AvgIpc) is 2.75. The summed E-state index contributed by atoms with van der Waals surface area (Å²) >= 11 is 0. The number of cyclic esters (lactones) is 1. The lowest BCUT2D eigenvalue weighted by atomic mass is 9.99. The summed E-state index contributed by atoms with van der Waals surface area (Å²) in [6, 6.07) is 0. The van der Waals surface area contributed by atoms with Gasteiger partial charge in [-0.05, 0) is 31.7 Å². The van der Waals surface area contributed by atoms with Crippen LogP contribution in [0.5, 0.6) is 0 Å². The minimum absolute atomic E-state index is 0.0359. The summed E-state index contributed by atoms with van der Waals surface area (Å²) in [6.45, 7) is 12.5. The number of hydrogen-bond acceptors (Lipinski definition) is 3. The Kier molecular flexibility index (Phi) is 8.84. The smallest absolute Gasteiger partial charge is 0.410 e. The summed E-state index contributed by atoms with van der Waals surface area (Å²) in [7, 11) is 2.10. The van der Waals surface area contributed by atoms with Crippen molar-refractivity contribution in [1.82, 2.24) is 9.80 Å². The normalized spacial score (nSPS) is 20.0. The lowest BCUT2D eigenvalue weighted by molar-refractivity contribution is 0.110. The van der Waals surface area contributed by atoms with Crippen LogP contribution in [0.15, 0.2) is 0 Å². The average molecular weight is 312 g/mol. The second-order valence-electron chi connectivity index (χ2n) is 7.46. The van der Waals surface area contributed by atoms with Gasteiger partial charge in [0.25, 0.3) is 0 Å². The zero-order chi connectivity index (χ0) is 16.5. The number of ether oxygens (including phenoxy) is 1. The Hall–Kier alpha value is -0.770. The van der Waals surface area contributed by atoms with Gasteiger partial charge in [-0.25, -0.2) is 4.79 Å². The molecule has 0 aromatic heterocycles. The molecule has 0 spiro atoms. The van der Waals surface area contributed by atoms with Gasteiger partial charge in [-0.3, -0.25) is 0 Å². The van der Waals surface area contributed by atoms with Gasteiger partial charge in [-0.2, -0.15) is 0 Å². The van der Waals surface area contributed by atoms with Gasteiger partial charge in [0.05, 0.1) is 6.54 Å². The number of hydrogen-bond donors (Lipinski definition) is 0. The molecule has 1 aliphatic rings. The number of carbonyl (C=O) groups is 1. The van der Waals surface area contributed by atoms with Crippen molar-refractivity contribution in [1.29, 1.82) is 0 Å². The summed E-state index contributed by atoms with van der Waals surface area (Å²) in [4.78, 5) is 16.1. The van der Waals surface area contributed by atoms with Gasteiger partial charge in [0, 0.05) is 19.6 Å². The fraction of sp³-hybridized carbons (Fsp3) is 0.944. The van der Waals surface area contributed by atoms with E-state index in [9.17, 15) is 4.79 Å². The van der Waals surface area contributed by atoms with Crippen molar-refractivity contribution in [2.24, 2.45) is 11.8 Å². The number of amides is 1. The Morgan fingerprint density at radius 1 is 1.27 bits per heavy atom. The Morgan fingerprint density at radius 3 is 2.59 bits per heavy atom. The molecule has 1 heterocycles. The standard InChI is InChI=1S/C18H36N2O2/c1-6-7-9-16(4)10-8-11-20-14-17(22-18(20)21)13-19(5)12-15(2)3/h15-17H,6-14H2,1-5H3/t16?,17-/m0/s1. The number of likely N-dealkylation sites (N-methyl/N-ethyl adjacent to an activating group) is 1.